The quantitative estimate of drug-likeness (QED) is 0.688. The molecule has 6 nitrogen and oxygen atoms in total. The molecule has 0 saturated heterocycles. The van der Waals surface area contributed by atoms with Gasteiger partial charge in [0.25, 0.3) is 11.8 Å². The second-order valence-corrected chi connectivity index (χ2v) is 6.55. The molecule has 0 aliphatic rings. The highest BCUT2D eigenvalue weighted by molar-refractivity contribution is 6.12. The molecule has 0 bridgehead atoms. The average Bonchev–Trinajstić information content (AvgIpc) is 2.67. The number of rotatable bonds is 6. The third-order valence-corrected chi connectivity index (χ3v) is 4.19. The Labute approximate surface area is 163 Å². The summed E-state index contributed by atoms with van der Waals surface area (Å²) >= 11 is 0. The Morgan fingerprint density at radius 3 is 2.50 bits per heavy atom. The van der Waals surface area contributed by atoms with E-state index in [9.17, 15) is 9.59 Å². The second-order valence-electron chi connectivity index (χ2n) is 6.55. The molecule has 0 atom stereocenters. The van der Waals surface area contributed by atoms with Crippen LogP contribution in [0.5, 0.6) is 5.75 Å². The largest absolute Gasteiger partial charge is 0.484 e. The zero-order valence-electron chi connectivity index (χ0n) is 16.2. The van der Waals surface area contributed by atoms with Gasteiger partial charge in [-0.2, -0.15) is 0 Å². The number of amides is 2. The van der Waals surface area contributed by atoms with Crippen LogP contribution < -0.4 is 15.4 Å². The number of hydrogen-bond acceptors (Lipinski definition) is 4. The number of hydrogen-bond donors (Lipinski definition) is 2. The van der Waals surface area contributed by atoms with Gasteiger partial charge in [0.15, 0.2) is 6.61 Å². The zero-order valence-corrected chi connectivity index (χ0v) is 16.2. The Morgan fingerprint density at radius 2 is 1.79 bits per heavy atom. The van der Waals surface area contributed by atoms with Crippen molar-refractivity contribution in [2.24, 2.45) is 0 Å². The van der Waals surface area contributed by atoms with Crippen LogP contribution in [-0.2, 0) is 4.79 Å². The van der Waals surface area contributed by atoms with Gasteiger partial charge in [-0.25, -0.2) is 0 Å². The summed E-state index contributed by atoms with van der Waals surface area (Å²) in [4.78, 5) is 28.8. The third-order valence-electron chi connectivity index (χ3n) is 4.19. The van der Waals surface area contributed by atoms with Crippen molar-refractivity contribution in [3.63, 3.8) is 0 Å². The van der Waals surface area contributed by atoms with E-state index in [0.717, 1.165) is 22.2 Å². The van der Waals surface area contributed by atoms with Crippen molar-refractivity contribution in [2.45, 2.75) is 20.8 Å². The minimum Gasteiger partial charge on any atom is -0.484 e. The number of aromatic nitrogens is 1. The molecule has 0 radical (unpaired) electrons. The number of ether oxygens (including phenoxy) is 1. The van der Waals surface area contributed by atoms with E-state index in [1.54, 1.807) is 30.3 Å². The summed E-state index contributed by atoms with van der Waals surface area (Å²) in [7, 11) is 0. The highest BCUT2D eigenvalue weighted by Crippen LogP contribution is 2.22. The number of fused-ring (bicyclic) bond motifs is 1. The Hall–Kier alpha value is -3.41. The number of pyridine rings is 1. The number of nitrogens with zero attached hydrogens (tertiary/aromatic N) is 1. The highest BCUT2D eigenvalue weighted by Gasteiger charge is 2.13. The lowest BCUT2D eigenvalue weighted by molar-refractivity contribution is -0.122. The molecule has 3 rings (SSSR count). The summed E-state index contributed by atoms with van der Waals surface area (Å²) in [6.45, 7) is 6.23. The van der Waals surface area contributed by atoms with E-state index in [1.807, 2.05) is 39.0 Å². The number of carbonyl (C=O) groups excluding carboxylic acids is 2. The van der Waals surface area contributed by atoms with Gasteiger partial charge in [-0.1, -0.05) is 11.6 Å². The maximum absolute atomic E-state index is 12.8. The van der Waals surface area contributed by atoms with E-state index in [-0.39, 0.29) is 18.4 Å². The second kappa shape index (κ2) is 8.52. The topological polar surface area (TPSA) is 80.3 Å². The highest BCUT2D eigenvalue weighted by atomic mass is 16.5. The number of anilines is 1. The molecule has 2 amide bonds. The van der Waals surface area contributed by atoms with Crippen LogP contribution in [0, 0.1) is 13.8 Å². The maximum Gasteiger partial charge on any atom is 0.257 e. The zero-order chi connectivity index (χ0) is 20.1. The number of likely N-dealkylation sites (N-methyl/N-ethyl adjacent to an activating group) is 1. The van der Waals surface area contributed by atoms with Gasteiger partial charge >= 0.3 is 0 Å². The minimum absolute atomic E-state index is 0.0405. The van der Waals surface area contributed by atoms with Crippen LogP contribution in [0.3, 0.4) is 0 Å². The summed E-state index contributed by atoms with van der Waals surface area (Å²) in [6.07, 6.45) is 0. The lowest BCUT2D eigenvalue weighted by Crippen LogP contribution is -2.28. The van der Waals surface area contributed by atoms with Gasteiger partial charge in [-0.15, -0.1) is 0 Å². The molecular formula is C22H23N3O3. The smallest absolute Gasteiger partial charge is 0.257 e. The molecule has 0 aliphatic heterocycles. The molecule has 2 N–H and O–H groups in total. The van der Waals surface area contributed by atoms with Crippen molar-refractivity contribution in [3.8, 4) is 5.75 Å². The first kappa shape index (κ1) is 19.4. The summed E-state index contributed by atoms with van der Waals surface area (Å²) in [5.41, 5.74) is 3.88. The molecule has 6 heteroatoms. The standard InChI is InChI=1S/C22H23N3O3/c1-4-23-21(26)13-28-17-8-6-16(7-9-17)25-22(27)19-12-15(3)24-20-10-5-14(2)11-18(19)20/h5-12H,4,13H2,1-3H3,(H,23,26)(H,25,27). The van der Waals surface area contributed by atoms with Crippen molar-refractivity contribution in [1.29, 1.82) is 0 Å². The van der Waals surface area contributed by atoms with Crippen molar-refractivity contribution >= 4 is 28.4 Å². The predicted octanol–water partition coefficient (Wildman–Crippen LogP) is 3.62. The Balaban J connectivity index is 1.74. The van der Waals surface area contributed by atoms with Crippen LogP contribution in [0.1, 0.15) is 28.5 Å². The van der Waals surface area contributed by atoms with E-state index in [1.165, 1.54) is 0 Å². The van der Waals surface area contributed by atoms with E-state index < -0.39 is 0 Å². The molecule has 3 aromatic rings. The SMILES string of the molecule is CCNC(=O)COc1ccc(NC(=O)c2cc(C)nc3ccc(C)cc23)cc1. The lowest BCUT2D eigenvalue weighted by atomic mass is 10.0. The fraction of sp³-hybridized carbons (Fsp3) is 0.227. The van der Waals surface area contributed by atoms with Gasteiger partial charge in [0, 0.05) is 23.3 Å². The van der Waals surface area contributed by atoms with Crippen LogP contribution in [0.15, 0.2) is 48.5 Å². The monoisotopic (exact) mass is 377 g/mol. The van der Waals surface area contributed by atoms with E-state index in [0.29, 0.717) is 23.5 Å². The van der Waals surface area contributed by atoms with Gasteiger partial charge in [0.2, 0.25) is 0 Å². The van der Waals surface area contributed by atoms with Crippen molar-refractivity contribution in [1.82, 2.24) is 10.3 Å². The fourth-order valence-electron chi connectivity index (χ4n) is 2.89. The average molecular weight is 377 g/mol. The van der Waals surface area contributed by atoms with Gasteiger partial charge in [0.05, 0.1) is 11.1 Å². The van der Waals surface area contributed by atoms with E-state index >= 15 is 0 Å². The number of nitrogens with one attached hydrogen (secondary N) is 2. The third kappa shape index (κ3) is 4.65. The lowest BCUT2D eigenvalue weighted by Gasteiger charge is -2.11. The first-order chi connectivity index (χ1) is 13.5. The van der Waals surface area contributed by atoms with Crippen molar-refractivity contribution in [3.05, 3.63) is 65.4 Å². The van der Waals surface area contributed by atoms with Crippen LogP contribution >= 0.6 is 0 Å². The van der Waals surface area contributed by atoms with E-state index in [4.69, 9.17) is 4.74 Å². The Bertz CT molecular complexity index is 1010. The molecule has 2 aromatic carbocycles. The molecule has 0 aliphatic carbocycles. The molecule has 1 heterocycles. The first-order valence-electron chi connectivity index (χ1n) is 9.15. The summed E-state index contributed by atoms with van der Waals surface area (Å²) < 4.78 is 5.42. The van der Waals surface area contributed by atoms with Gasteiger partial charge in [0.1, 0.15) is 5.75 Å². The van der Waals surface area contributed by atoms with Crippen molar-refractivity contribution < 1.29 is 14.3 Å². The van der Waals surface area contributed by atoms with Gasteiger partial charge < -0.3 is 15.4 Å². The normalized spacial score (nSPS) is 10.5. The molecule has 0 spiro atoms. The maximum atomic E-state index is 12.8. The molecule has 144 valence electrons. The summed E-state index contributed by atoms with van der Waals surface area (Å²) in [5.74, 6) is 0.192. The molecule has 0 saturated carbocycles. The minimum atomic E-state index is -0.197. The predicted molar refractivity (Wildman–Crippen MR) is 110 cm³/mol. The Morgan fingerprint density at radius 1 is 1.04 bits per heavy atom. The number of benzene rings is 2. The van der Waals surface area contributed by atoms with Crippen LogP contribution in [0.25, 0.3) is 10.9 Å². The fourth-order valence-corrected chi connectivity index (χ4v) is 2.89. The molecular weight excluding hydrogens is 354 g/mol. The summed E-state index contributed by atoms with van der Waals surface area (Å²) in [6, 6.07) is 14.6. The molecule has 0 unspecified atom stereocenters. The molecule has 28 heavy (non-hydrogen) atoms. The Kier molecular flexibility index (Phi) is 5.89. The van der Waals surface area contributed by atoms with Crippen LogP contribution in [-0.4, -0.2) is 29.9 Å². The number of carbonyl (C=O) groups is 2. The van der Waals surface area contributed by atoms with Crippen molar-refractivity contribution in [2.75, 3.05) is 18.5 Å². The van der Waals surface area contributed by atoms with Crippen LogP contribution in [0.2, 0.25) is 0 Å². The van der Waals surface area contributed by atoms with Gasteiger partial charge in [-0.3, -0.25) is 14.6 Å². The summed E-state index contributed by atoms with van der Waals surface area (Å²) in [5, 5.41) is 6.40. The van der Waals surface area contributed by atoms with E-state index in [2.05, 4.69) is 15.6 Å². The molecule has 1 aromatic heterocycles. The van der Waals surface area contributed by atoms with Crippen LogP contribution in [0.4, 0.5) is 5.69 Å². The molecule has 0 fully saturated rings. The van der Waals surface area contributed by atoms with Gasteiger partial charge in [-0.05, 0) is 63.2 Å². The first-order valence-corrected chi connectivity index (χ1v) is 9.15. The number of aryl methyl sites for hydroxylation is 2.